The van der Waals surface area contributed by atoms with Gasteiger partial charge >= 0.3 is 0 Å². The smallest absolute Gasteiger partial charge is 0.128 e. The first kappa shape index (κ1) is 20.4. The quantitative estimate of drug-likeness (QED) is 0.524. The van der Waals surface area contributed by atoms with Crippen LogP contribution in [-0.2, 0) is 9.53 Å². The monoisotopic (exact) mass is 359 g/mol. The van der Waals surface area contributed by atoms with Gasteiger partial charge in [-0.05, 0) is 86.3 Å². The van der Waals surface area contributed by atoms with Crippen molar-refractivity contribution in [2.75, 3.05) is 13.7 Å². The Kier molecular flexibility index (Phi) is 6.91. The summed E-state index contributed by atoms with van der Waals surface area (Å²) in [5.41, 5.74) is 0.289. The van der Waals surface area contributed by atoms with Gasteiger partial charge in [0.05, 0.1) is 0 Å². The molecule has 3 aliphatic rings. The number of methoxy groups -OCH3 is 1. The first-order valence-electron chi connectivity index (χ1n) is 11.4. The number of fused-ring (bicyclic) bond motifs is 3. The van der Waals surface area contributed by atoms with Crippen molar-refractivity contribution in [3.05, 3.63) is 0 Å². The van der Waals surface area contributed by atoms with E-state index in [2.05, 4.69) is 21.1 Å². The van der Waals surface area contributed by atoms with E-state index in [0.717, 1.165) is 42.6 Å². The van der Waals surface area contributed by atoms with E-state index in [-0.39, 0.29) is 5.41 Å². The van der Waals surface area contributed by atoms with Gasteiger partial charge in [0, 0.05) is 19.6 Å². The SMILES string of the molecule is C[B]CC(=O)C1CCC2C3CCC(CCOC)C(CCC)C3CCC12C. The summed E-state index contributed by atoms with van der Waals surface area (Å²) >= 11 is 0. The molecule has 0 bridgehead atoms. The highest BCUT2D eigenvalue weighted by Gasteiger charge is 2.57. The van der Waals surface area contributed by atoms with Crippen LogP contribution >= 0.6 is 0 Å². The van der Waals surface area contributed by atoms with E-state index in [1.165, 1.54) is 51.4 Å². The molecule has 7 unspecified atom stereocenters. The molecule has 26 heavy (non-hydrogen) atoms. The molecule has 7 atom stereocenters. The highest BCUT2D eigenvalue weighted by molar-refractivity contribution is 6.39. The lowest BCUT2D eigenvalue weighted by Gasteiger charge is -2.54. The zero-order valence-electron chi connectivity index (χ0n) is 17.6. The average molecular weight is 359 g/mol. The van der Waals surface area contributed by atoms with Crippen molar-refractivity contribution in [3.63, 3.8) is 0 Å². The highest BCUT2D eigenvalue weighted by Crippen LogP contribution is 2.63. The van der Waals surface area contributed by atoms with Crippen molar-refractivity contribution in [3.8, 4) is 0 Å². The second-order valence-corrected chi connectivity index (χ2v) is 9.76. The molecule has 0 aliphatic heterocycles. The number of carbonyl (C=O) groups excluding carboxylic acids is 1. The second kappa shape index (κ2) is 8.80. The molecule has 3 saturated carbocycles. The van der Waals surface area contributed by atoms with Gasteiger partial charge in [0.25, 0.3) is 0 Å². The number of rotatable bonds is 8. The summed E-state index contributed by atoms with van der Waals surface area (Å²) in [6.07, 6.45) is 12.5. The number of carbonyl (C=O) groups is 1. The summed E-state index contributed by atoms with van der Waals surface area (Å²) in [5, 5.41) is 0. The fourth-order valence-corrected chi connectivity index (χ4v) is 7.52. The van der Waals surface area contributed by atoms with Crippen molar-refractivity contribution in [1.82, 2.24) is 0 Å². The Bertz CT molecular complexity index is 479. The van der Waals surface area contributed by atoms with E-state index in [1.54, 1.807) is 0 Å². The van der Waals surface area contributed by atoms with Crippen molar-refractivity contribution in [2.45, 2.75) is 84.8 Å². The standard InChI is InChI=1S/C23H40BO2/c1-5-6-17-16(12-14-26-4)7-8-19-18(17)11-13-23(2)20(19)9-10-21(23)22(25)15-24-3/h16-21H,5-15H2,1-4H3. The molecular formula is C23H40BO2. The molecule has 0 aromatic carbocycles. The van der Waals surface area contributed by atoms with Crippen LogP contribution in [0.2, 0.25) is 13.1 Å². The van der Waals surface area contributed by atoms with E-state index in [9.17, 15) is 4.79 Å². The summed E-state index contributed by atoms with van der Waals surface area (Å²) in [5.74, 6) is 5.22. The Hall–Kier alpha value is -0.305. The second-order valence-electron chi connectivity index (χ2n) is 9.76. The molecule has 3 rings (SSSR count). The zero-order chi connectivity index (χ0) is 18.7. The molecule has 3 heteroatoms. The topological polar surface area (TPSA) is 26.3 Å². The van der Waals surface area contributed by atoms with E-state index >= 15 is 0 Å². The molecule has 0 saturated heterocycles. The highest BCUT2D eigenvalue weighted by atomic mass is 16.5. The van der Waals surface area contributed by atoms with Gasteiger partial charge in [0.1, 0.15) is 13.1 Å². The lowest BCUT2D eigenvalue weighted by molar-refractivity contribution is -0.127. The summed E-state index contributed by atoms with van der Waals surface area (Å²) in [7, 11) is 3.90. The Balaban J connectivity index is 1.75. The maximum Gasteiger partial charge on any atom is 0.128 e. The Morgan fingerprint density at radius 1 is 1.12 bits per heavy atom. The lowest BCUT2D eigenvalue weighted by atomic mass is 9.50. The Labute approximate surface area is 162 Å². The van der Waals surface area contributed by atoms with Crippen LogP contribution in [0.3, 0.4) is 0 Å². The minimum absolute atomic E-state index is 0.289. The minimum atomic E-state index is 0.289. The fraction of sp³-hybridized carbons (Fsp3) is 0.957. The molecule has 147 valence electrons. The number of hydrogen-bond donors (Lipinski definition) is 0. The maximum atomic E-state index is 12.8. The first-order chi connectivity index (χ1) is 12.6. The van der Waals surface area contributed by atoms with Crippen LogP contribution in [0, 0.1) is 40.9 Å². The number of Topliss-reactive ketones (excluding diaryl/α,β-unsaturated/α-hetero) is 1. The summed E-state index contributed by atoms with van der Waals surface area (Å²) in [4.78, 5) is 12.8. The Morgan fingerprint density at radius 3 is 2.62 bits per heavy atom. The fourth-order valence-electron chi connectivity index (χ4n) is 7.52. The van der Waals surface area contributed by atoms with E-state index in [0.29, 0.717) is 18.0 Å². The molecule has 1 radical (unpaired) electrons. The zero-order valence-corrected chi connectivity index (χ0v) is 17.6. The molecule has 0 spiro atoms. The van der Waals surface area contributed by atoms with Crippen LogP contribution in [0.5, 0.6) is 0 Å². The van der Waals surface area contributed by atoms with Gasteiger partial charge < -0.3 is 9.53 Å². The summed E-state index contributed by atoms with van der Waals surface area (Å²) < 4.78 is 5.42. The lowest BCUT2D eigenvalue weighted by Crippen LogP contribution is -2.48. The van der Waals surface area contributed by atoms with Crippen LogP contribution in [0.15, 0.2) is 0 Å². The van der Waals surface area contributed by atoms with Gasteiger partial charge in [0.2, 0.25) is 0 Å². The average Bonchev–Trinajstić information content (AvgIpc) is 2.98. The van der Waals surface area contributed by atoms with Gasteiger partial charge in [-0.2, -0.15) is 0 Å². The van der Waals surface area contributed by atoms with Crippen molar-refractivity contribution in [1.29, 1.82) is 0 Å². The Morgan fingerprint density at radius 2 is 1.92 bits per heavy atom. The molecule has 0 amide bonds. The van der Waals surface area contributed by atoms with Crippen LogP contribution in [0.4, 0.5) is 0 Å². The molecule has 0 N–H and O–H groups in total. The predicted octanol–water partition coefficient (Wildman–Crippen LogP) is 5.65. The first-order valence-corrected chi connectivity index (χ1v) is 11.4. The third-order valence-corrected chi connectivity index (χ3v) is 8.63. The number of ketones is 1. The molecule has 3 aliphatic carbocycles. The van der Waals surface area contributed by atoms with Gasteiger partial charge in [0.15, 0.2) is 0 Å². The van der Waals surface area contributed by atoms with E-state index in [1.807, 2.05) is 13.9 Å². The van der Waals surface area contributed by atoms with Crippen LogP contribution in [-0.4, -0.2) is 26.8 Å². The minimum Gasteiger partial charge on any atom is -0.385 e. The molecule has 0 heterocycles. The van der Waals surface area contributed by atoms with E-state index in [4.69, 9.17) is 4.74 Å². The van der Waals surface area contributed by atoms with Crippen LogP contribution in [0.25, 0.3) is 0 Å². The third kappa shape index (κ3) is 3.67. The van der Waals surface area contributed by atoms with Crippen LogP contribution in [0.1, 0.15) is 71.6 Å². The summed E-state index contributed by atoms with van der Waals surface area (Å²) in [6, 6.07) is 0. The van der Waals surface area contributed by atoms with Gasteiger partial charge in [-0.15, -0.1) is 0 Å². The van der Waals surface area contributed by atoms with Crippen molar-refractivity contribution < 1.29 is 9.53 Å². The van der Waals surface area contributed by atoms with Crippen molar-refractivity contribution in [2.24, 2.45) is 40.9 Å². The molecule has 0 aromatic heterocycles. The largest absolute Gasteiger partial charge is 0.385 e. The normalized spacial score (nSPS) is 42.2. The van der Waals surface area contributed by atoms with Crippen molar-refractivity contribution >= 4 is 13.1 Å². The number of hydrogen-bond acceptors (Lipinski definition) is 2. The molecule has 2 nitrogen and oxygen atoms in total. The van der Waals surface area contributed by atoms with Crippen LogP contribution < -0.4 is 0 Å². The molecule has 3 fully saturated rings. The summed E-state index contributed by atoms with van der Waals surface area (Å²) in [6.45, 7) is 7.79. The molecular weight excluding hydrogens is 319 g/mol. The third-order valence-electron chi connectivity index (χ3n) is 8.63. The maximum absolute atomic E-state index is 12.8. The van der Waals surface area contributed by atoms with Gasteiger partial charge in [-0.25, -0.2) is 0 Å². The van der Waals surface area contributed by atoms with E-state index < -0.39 is 0 Å². The number of ether oxygens (including phenoxy) is 1. The van der Waals surface area contributed by atoms with Gasteiger partial charge in [-0.3, -0.25) is 0 Å². The predicted molar refractivity (Wildman–Crippen MR) is 110 cm³/mol. The molecule has 0 aromatic rings. The van der Waals surface area contributed by atoms with Gasteiger partial charge in [-0.1, -0.05) is 33.5 Å².